The molecule has 1 heterocycles. The average molecular weight is 325 g/mol. The van der Waals surface area contributed by atoms with Crippen LogP contribution in [0.4, 0.5) is 0 Å². The molecule has 0 aliphatic carbocycles. The van der Waals surface area contributed by atoms with Crippen molar-refractivity contribution >= 4 is 15.9 Å². The van der Waals surface area contributed by atoms with E-state index in [1.165, 1.54) is 4.31 Å². The number of rotatable bonds is 4. The van der Waals surface area contributed by atoms with E-state index in [9.17, 15) is 13.2 Å². The number of piperazine rings is 1. The normalized spacial score (nSPS) is 18.5. The molecule has 0 radical (unpaired) electrons. The minimum atomic E-state index is -3.48. The zero-order chi connectivity index (χ0) is 16.3. The summed E-state index contributed by atoms with van der Waals surface area (Å²) in [7, 11) is -3.48. The first kappa shape index (κ1) is 16.9. The Labute approximate surface area is 131 Å². The van der Waals surface area contributed by atoms with Gasteiger partial charge in [0, 0.05) is 26.2 Å². The molecule has 1 fully saturated rings. The molecule has 122 valence electrons. The highest BCUT2D eigenvalue weighted by Crippen LogP contribution is 2.17. The predicted molar refractivity (Wildman–Crippen MR) is 84.6 cm³/mol. The van der Waals surface area contributed by atoms with E-state index in [4.69, 9.17) is 5.73 Å². The van der Waals surface area contributed by atoms with E-state index in [2.05, 4.69) is 0 Å². The summed E-state index contributed by atoms with van der Waals surface area (Å²) in [6.45, 7) is 5.16. The van der Waals surface area contributed by atoms with Crippen LogP contribution in [-0.4, -0.2) is 55.8 Å². The summed E-state index contributed by atoms with van der Waals surface area (Å²) in [4.78, 5) is 14.1. The molecule has 1 aromatic carbocycles. The van der Waals surface area contributed by atoms with Gasteiger partial charge in [-0.25, -0.2) is 8.42 Å². The number of hydrogen-bond acceptors (Lipinski definition) is 4. The van der Waals surface area contributed by atoms with Gasteiger partial charge in [0.15, 0.2) is 0 Å². The van der Waals surface area contributed by atoms with Crippen molar-refractivity contribution in [3.8, 4) is 0 Å². The fourth-order valence-electron chi connectivity index (χ4n) is 2.39. The monoisotopic (exact) mass is 325 g/mol. The summed E-state index contributed by atoms with van der Waals surface area (Å²) in [6.07, 6.45) is 0. The Morgan fingerprint density at radius 2 is 1.64 bits per heavy atom. The Morgan fingerprint density at radius 1 is 1.09 bits per heavy atom. The van der Waals surface area contributed by atoms with Crippen molar-refractivity contribution in [3.05, 3.63) is 30.3 Å². The number of carbonyl (C=O) groups is 1. The van der Waals surface area contributed by atoms with Crippen LogP contribution in [0.25, 0.3) is 0 Å². The van der Waals surface area contributed by atoms with Gasteiger partial charge >= 0.3 is 0 Å². The lowest BCUT2D eigenvalue weighted by atomic mass is 10.0. The molecule has 1 aromatic rings. The summed E-state index contributed by atoms with van der Waals surface area (Å²) in [5.74, 6) is -0.0367. The van der Waals surface area contributed by atoms with E-state index in [0.29, 0.717) is 26.2 Å². The van der Waals surface area contributed by atoms with Crippen LogP contribution < -0.4 is 5.73 Å². The number of hydrogen-bond donors (Lipinski definition) is 1. The number of nitrogens with two attached hydrogens (primary N) is 1. The van der Waals surface area contributed by atoms with Gasteiger partial charge in [-0.1, -0.05) is 32.0 Å². The maximum Gasteiger partial charge on any atom is 0.243 e. The van der Waals surface area contributed by atoms with E-state index in [1.807, 2.05) is 13.8 Å². The molecule has 1 aliphatic rings. The standard InChI is InChI=1S/C15H23N3O3S/c1-12(2)14(16)15(19)17-8-10-18(11-9-17)22(20,21)13-6-4-3-5-7-13/h3-7,12,14H,8-11,16H2,1-2H3/t14-/m1/s1. The van der Waals surface area contributed by atoms with Crippen LogP contribution in [0, 0.1) is 5.92 Å². The largest absolute Gasteiger partial charge is 0.339 e. The zero-order valence-electron chi connectivity index (χ0n) is 13.0. The van der Waals surface area contributed by atoms with Gasteiger partial charge in [0.1, 0.15) is 0 Å². The molecule has 6 nitrogen and oxygen atoms in total. The van der Waals surface area contributed by atoms with Gasteiger partial charge in [0.25, 0.3) is 0 Å². The molecule has 7 heteroatoms. The van der Waals surface area contributed by atoms with Crippen molar-refractivity contribution in [2.45, 2.75) is 24.8 Å². The minimum absolute atomic E-state index is 0.0681. The molecule has 1 saturated heterocycles. The highest BCUT2D eigenvalue weighted by atomic mass is 32.2. The molecule has 0 unspecified atom stereocenters. The van der Waals surface area contributed by atoms with E-state index in [-0.39, 0.29) is 16.7 Å². The van der Waals surface area contributed by atoms with Gasteiger partial charge in [-0.3, -0.25) is 4.79 Å². The summed E-state index contributed by atoms with van der Waals surface area (Å²) in [6, 6.07) is 7.83. The molecule has 0 aromatic heterocycles. The smallest absolute Gasteiger partial charge is 0.243 e. The van der Waals surface area contributed by atoms with Gasteiger partial charge in [-0.2, -0.15) is 4.31 Å². The SMILES string of the molecule is CC(C)[C@@H](N)C(=O)N1CCN(S(=O)(=O)c2ccccc2)CC1. The first-order valence-corrected chi connectivity index (χ1v) is 8.87. The van der Waals surface area contributed by atoms with Gasteiger partial charge in [-0.05, 0) is 18.1 Å². The third-order valence-electron chi connectivity index (χ3n) is 3.93. The van der Waals surface area contributed by atoms with E-state index in [1.54, 1.807) is 35.2 Å². The van der Waals surface area contributed by atoms with Crippen molar-refractivity contribution in [2.75, 3.05) is 26.2 Å². The third-order valence-corrected chi connectivity index (χ3v) is 5.85. The molecule has 22 heavy (non-hydrogen) atoms. The van der Waals surface area contributed by atoms with E-state index >= 15 is 0 Å². The number of carbonyl (C=O) groups excluding carboxylic acids is 1. The van der Waals surface area contributed by atoms with Crippen LogP contribution in [0.3, 0.4) is 0 Å². The van der Waals surface area contributed by atoms with Gasteiger partial charge in [0.2, 0.25) is 15.9 Å². The number of benzene rings is 1. The van der Waals surface area contributed by atoms with Crippen molar-refractivity contribution < 1.29 is 13.2 Å². The zero-order valence-corrected chi connectivity index (χ0v) is 13.8. The molecule has 0 saturated carbocycles. The summed E-state index contributed by atoms with van der Waals surface area (Å²) < 4.78 is 26.4. The molecular weight excluding hydrogens is 302 g/mol. The highest BCUT2D eigenvalue weighted by Gasteiger charge is 2.32. The maximum absolute atomic E-state index is 12.5. The Kier molecular flexibility index (Phi) is 5.20. The Hall–Kier alpha value is -1.44. The average Bonchev–Trinajstić information content (AvgIpc) is 2.54. The second-order valence-corrected chi connectivity index (χ2v) is 7.75. The van der Waals surface area contributed by atoms with Crippen LogP contribution in [0.2, 0.25) is 0 Å². The lowest BCUT2D eigenvalue weighted by Gasteiger charge is -2.35. The van der Waals surface area contributed by atoms with Crippen LogP contribution in [0.5, 0.6) is 0 Å². The van der Waals surface area contributed by atoms with Crippen LogP contribution >= 0.6 is 0 Å². The predicted octanol–water partition coefficient (Wildman–Crippen LogP) is 0.503. The Bertz CT molecular complexity index is 608. The van der Waals surface area contributed by atoms with Crippen LogP contribution in [0.15, 0.2) is 35.2 Å². The second-order valence-electron chi connectivity index (χ2n) is 5.81. The molecule has 1 atom stereocenters. The molecule has 0 spiro atoms. The lowest BCUT2D eigenvalue weighted by molar-refractivity contribution is -0.134. The van der Waals surface area contributed by atoms with Crippen molar-refractivity contribution in [3.63, 3.8) is 0 Å². The lowest BCUT2D eigenvalue weighted by Crippen LogP contribution is -2.55. The summed E-state index contributed by atoms with van der Waals surface area (Å²) in [5.41, 5.74) is 5.88. The maximum atomic E-state index is 12.5. The Balaban J connectivity index is 2.02. The van der Waals surface area contributed by atoms with Gasteiger partial charge < -0.3 is 10.6 Å². The van der Waals surface area contributed by atoms with Crippen molar-refractivity contribution in [2.24, 2.45) is 11.7 Å². The van der Waals surface area contributed by atoms with Gasteiger partial charge in [0.05, 0.1) is 10.9 Å². The summed E-state index contributed by atoms with van der Waals surface area (Å²) >= 11 is 0. The minimum Gasteiger partial charge on any atom is -0.339 e. The van der Waals surface area contributed by atoms with Crippen molar-refractivity contribution in [1.29, 1.82) is 0 Å². The van der Waals surface area contributed by atoms with Gasteiger partial charge in [-0.15, -0.1) is 0 Å². The highest BCUT2D eigenvalue weighted by molar-refractivity contribution is 7.89. The molecule has 1 aliphatic heterocycles. The number of nitrogens with zero attached hydrogens (tertiary/aromatic N) is 2. The van der Waals surface area contributed by atoms with Crippen LogP contribution in [-0.2, 0) is 14.8 Å². The third kappa shape index (κ3) is 3.48. The first-order chi connectivity index (χ1) is 10.3. The van der Waals surface area contributed by atoms with E-state index in [0.717, 1.165) is 0 Å². The number of sulfonamides is 1. The molecular formula is C15H23N3O3S. The quantitative estimate of drug-likeness (QED) is 0.874. The second kappa shape index (κ2) is 6.76. The number of amides is 1. The van der Waals surface area contributed by atoms with Crippen LogP contribution in [0.1, 0.15) is 13.8 Å². The fourth-order valence-corrected chi connectivity index (χ4v) is 3.83. The van der Waals surface area contributed by atoms with E-state index < -0.39 is 16.1 Å². The topological polar surface area (TPSA) is 83.7 Å². The summed E-state index contributed by atoms with van der Waals surface area (Å²) in [5, 5.41) is 0. The first-order valence-electron chi connectivity index (χ1n) is 7.43. The molecule has 2 N–H and O–H groups in total. The van der Waals surface area contributed by atoms with Crippen molar-refractivity contribution in [1.82, 2.24) is 9.21 Å². The molecule has 0 bridgehead atoms. The molecule has 1 amide bonds. The Morgan fingerprint density at radius 3 is 2.14 bits per heavy atom. The fraction of sp³-hybridized carbons (Fsp3) is 0.533. The molecule has 2 rings (SSSR count).